The third kappa shape index (κ3) is 7.14. The Morgan fingerprint density at radius 2 is 1.76 bits per heavy atom. The molecule has 0 aliphatic rings. The van der Waals surface area contributed by atoms with Crippen molar-refractivity contribution in [2.75, 3.05) is 31.5 Å². The number of benzene rings is 1. The SMILES string of the molecule is CCc1ccc(NC(N)=NCCCCN(CC)CC)cc1. The van der Waals surface area contributed by atoms with Gasteiger partial charge in [0.1, 0.15) is 0 Å². The Bertz CT molecular complexity index is 407. The zero-order valence-electron chi connectivity index (χ0n) is 13.7. The molecule has 0 unspecified atom stereocenters. The lowest BCUT2D eigenvalue weighted by Gasteiger charge is -2.17. The standard InChI is InChI=1S/C17H30N4/c1-4-15-9-11-16(12-10-15)20-17(18)19-13-7-8-14-21(5-2)6-3/h9-12H,4-8,13-14H2,1-3H3,(H3,18,19,20). The van der Waals surface area contributed by atoms with Crippen LogP contribution in [-0.2, 0) is 6.42 Å². The second kappa shape index (κ2) is 10.2. The summed E-state index contributed by atoms with van der Waals surface area (Å²) in [6, 6.07) is 8.31. The van der Waals surface area contributed by atoms with E-state index in [0.29, 0.717) is 5.96 Å². The molecule has 0 aliphatic carbocycles. The first-order valence-electron chi connectivity index (χ1n) is 8.07. The molecule has 0 bridgehead atoms. The molecular formula is C17H30N4. The predicted molar refractivity (Wildman–Crippen MR) is 93.0 cm³/mol. The molecule has 4 heteroatoms. The monoisotopic (exact) mass is 290 g/mol. The number of rotatable bonds is 9. The summed E-state index contributed by atoms with van der Waals surface area (Å²) in [6.45, 7) is 10.7. The topological polar surface area (TPSA) is 53.6 Å². The van der Waals surface area contributed by atoms with E-state index >= 15 is 0 Å². The van der Waals surface area contributed by atoms with Gasteiger partial charge in [0, 0.05) is 12.2 Å². The number of anilines is 1. The van der Waals surface area contributed by atoms with Gasteiger partial charge in [0.05, 0.1) is 0 Å². The molecule has 0 fully saturated rings. The first kappa shape index (κ1) is 17.5. The number of guanidine groups is 1. The van der Waals surface area contributed by atoms with E-state index in [1.807, 2.05) is 12.1 Å². The van der Waals surface area contributed by atoms with Crippen LogP contribution in [0.4, 0.5) is 5.69 Å². The molecule has 0 atom stereocenters. The molecule has 118 valence electrons. The minimum atomic E-state index is 0.502. The quantitative estimate of drug-likeness (QED) is 0.417. The molecule has 1 aromatic carbocycles. The second-order valence-corrected chi connectivity index (χ2v) is 5.18. The van der Waals surface area contributed by atoms with E-state index in [4.69, 9.17) is 5.73 Å². The normalized spacial score (nSPS) is 11.9. The van der Waals surface area contributed by atoms with Gasteiger partial charge in [0.2, 0.25) is 0 Å². The van der Waals surface area contributed by atoms with E-state index in [1.165, 1.54) is 12.0 Å². The van der Waals surface area contributed by atoms with Crippen LogP contribution < -0.4 is 11.1 Å². The van der Waals surface area contributed by atoms with Gasteiger partial charge >= 0.3 is 0 Å². The molecule has 0 amide bonds. The Kier molecular flexibility index (Phi) is 8.51. The van der Waals surface area contributed by atoms with Gasteiger partial charge in [-0.1, -0.05) is 32.9 Å². The average molecular weight is 290 g/mol. The number of hydrogen-bond donors (Lipinski definition) is 2. The number of unbranched alkanes of at least 4 members (excludes halogenated alkanes) is 1. The molecule has 0 saturated carbocycles. The number of nitrogens with two attached hydrogens (primary N) is 1. The van der Waals surface area contributed by atoms with Gasteiger partial charge in [0.15, 0.2) is 5.96 Å². The highest BCUT2D eigenvalue weighted by Gasteiger charge is 1.98. The van der Waals surface area contributed by atoms with E-state index < -0.39 is 0 Å². The van der Waals surface area contributed by atoms with Gasteiger partial charge < -0.3 is 16.0 Å². The van der Waals surface area contributed by atoms with Crippen molar-refractivity contribution in [1.29, 1.82) is 0 Å². The highest BCUT2D eigenvalue weighted by Crippen LogP contribution is 2.09. The van der Waals surface area contributed by atoms with Crippen LogP contribution in [0, 0.1) is 0 Å². The molecule has 0 heterocycles. The van der Waals surface area contributed by atoms with Crippen LogP contribution in [0.1, 0.15) is 39.2 Å². The molecular weight excluding hydrogens is 260 g/mol. The zero-order chi connectivity index (χ0) is 15.5. The second-order valence-electron chi connectivity index (χ2n) is 5.18. The van der Waals surface area contributed by atoms with Crippen LogP contribution in [0.2, 0.25) is 0 Å². The number of aryl methyl sites for hydroxylation is 1. The van der Waals surface area contributed by atoms with Crippen LogP contribution in [0.5, 0.6) is 0 Å². The van der Waals surface area contributed by atoms with E-state index in [9.17, 15) is 0 Å². The lowest BCUT2D eigenvalue weighted by atomic mass is 10.1. The van der Waals surface area contributed by atoms with Gasteiger partial charge in [0.25, 0.3) is 0 Å². The molecule has 0 radical (unpaired) electrons. The molecule has 0 saturated heterocycles. The van der Waals surface area contributed by atoms with E-state index in [1.54, 1.807) is 0 Å². The smallest absolute Gasteiger partial charge is 0.193 e. The Balaban J connectivity index is 2.26. The Labute approximate surface area is 129 Å². The molecule has 4 nitrogen and oxygen atoms in total. The maximum absolute atomic E-state index is 5.90. The minimum absolute atomic E-state index is 0.502. The molecule has 1 aromatic rings. The number of nitrogens with zero attached hydrogens (tertiary/aromatic N) is 2. The van der Waals surface area contributed by atoms with E-state index in [0.717, 1.165) is 44.7 Å². The Hall–Kier alpha value is -1.55. The van der Waals surface area contributed by atoms with Gasteiger partial charge in [-0.15, -0.1) is 0 Å². The van der Waals surface area contributed by atoms with Gasteiger partial charge in [-0.25, -0.2) is 0 Å². The molecule has 1 rings (SSSR count). The summed E-state index contributed by atoms with van der Waals surface area (Å²) >= 11 is 0. The highest BCUT2D eigenvalue weighted by atomic mass is 15.1. The predicted octanol–water partition coefficient (Wildman–Crippen LogP) is 3.10. The summed E-state index contributed by atoms with van der Waals surface area (Å²) in [4.78, 5) is 6.81. The maximum Gasteiger partial charge on any atom is 0.193 e. The van der Waals surface area contributed by atoms with Crippen LogP contribution >= 0.6 is 0 Å². The average Bonchev–Trinajstić information content (AvgIpc) is 2.51. The summed E-state index contributed by atoms with van der Waals surface area (Å²) in [5.74, 6) is 0.502. The Morgan fingerprint density at radius 1 is 1.10 bits per heavy atom. The van der Waals surface area contributed by atoms with Crippen molar-refractivity contribution in [2.24, 2.45) is 10.7 Å². The van der Waals surface area contributed by atoms with Crippen molar-refractivity contribution in [3.8, 4) is 0 Å². The molecule has 0 aliphatic heterocycles. The zero-order valence-corrected chi connectivity index (χ0v) is 13.7. The summed E-state index contributed by atoms with van der Waals surface area (Å²) in [7, 11) is 0. The molecule has 3 N–H and O–H groups in total. The largest absolute Gasteiger partial charge is 0.370 e. The van der Waals surface area contributed by atoms with Crippen LogP contribution in [0.3, 0.4) is 0 Å². The summed E-state index contributed by atoms with van der Waals surface area (Å²) < 4.78 is 0. The lowest BCUT2D eigenvalue weighted by Crippen LogP contribution is -2.24. The molecule has 0 aromatic heterocycles. The van der Waals surface area contributed by atoms with E-state index in [2.05, 4.69) is 48.1 Å². The first-order valence-corrected chi connectivity index (χ1v) is 8.07. The van der Waals surface area contributed by atoms with Gasteiger partial charge in [-0.2, -0.15) is 0 Å². The van der Waals surface area contributed by atoms with Crippen LogP contribution in [0.25, 0.3) is 0 Å². The van der Waals surface area contributed by atoms with Crippen LogP contribution in [0.15, 0.2) is 29.3 Å². The maximum atomic E-state index is 5.90. The number of aliphatic imine (C=N–C) groups is 1. The summed E-state index contributed by atoms with van der Waals surface area (Å²) in [6.07, 6.45) is 3.30. The number of nitrogens with one attached hydrogen (secondary N) is 1. The first-order chi connectivity index (χ1) is 10.2. The number of hydrogen-bond acceptors (Lipinski definition) is 2. The Morgan fingerprint density at radius 3 is 2.33 bits per heavy atom. The third-order valence-corrected chi connectivity index (χ3v) is 3.69. The van der Waals surface area contributed by atoms with E-state index in [-0.39, 0.29) is 0 Å². The van der Waals surface area contributed by atoms with Crippen molar-refractivity contribution in [3.05, 3.63) is 29.8 Å². The fourth-order valence-corrected chi connectivity index (χ4v) is 2.20. The van der Waals surface area contributed by atoms with Gasteiger partial charge in [-0.05, 0) is 56.6 Å². The highest BCUT2D eigenvalue weighted by molar-refractivity contribution is 5.92. The third-order valence-electron chi connectivity index (χ3n) is 3.69. The van der Waals surface area contributed by atoms with Crippen molar-refractivity contribution in [1.82, 2.24) is 4.90 Å². The van der Waals surface area contributed by atoms with Crippen molar-refractivity contribution in [2.45, 2.75) is 40.0 Å². The molecule has 21 heavy (non-hydrogen) atoms. The summed E-state index contributed by atoms with van der Waals surface area (Å²) in [5, 5.41) is 3.13. The van der Waals surface area contributed by atoms with Crippen molar-refractivity contribution < 1.29 is 0 Å². The van der Waals surface area contributed by atoms with Gasteiger partial charge in [-0.3, -0.25) is 4.99 Å². The van der Waals surface area contributed by atoms with Crippen LogP contribution in [-0.4, -0.2) is 37.0 Å². The van der Waals surface area contributed by atoms with Crippen molar-refractivity contribution >= 4 is 11.6 Å². The van der Waals surface area contributed by atoms with Crippen molar-refractivity contribution in [3.63, 3.8) is 0 Å². The summed E-state index contributed by atoms with van der Waals surface area (Å²) in [5.41, 5.74) is 8.22. The minimum Gasteiger partial charge on any atom is -0.370 e. The fraction of sp³-hybridized carbons (Fsp3) is 0.588. The lowest BCUT2D eigenvalue weighted by molar-refractivity contribution is 0.298. The fourth-order valence-electron chi connectivity index (χ4n) is 2.20. The molecule has 0 spiro atoms.